The fourth-order valence-corrected chi connectivity index (χ4v) is 2.69. The summed E-state index contributed by atoms with van der Waals surface area (Å²) in [7, 11) is 1.71. The molecule has 2 N–H and O–H groups in total. The summed E-state index contributed by atoms with van der Waals surface area (Å²) in [5, 5.41) is 6.39. The molecule has 7 heteroatoms. The molecule has 2 rings (SSSR count). The number of halogens is 2. The second-order valence-corrected chi connectivity index (χ2v) is 6.96. The van der Waals surface area contributed by atoms with E-state index in [0.717, 1.165) is 16.8 Å². The molecule has 0 fully saturated rings. The minimum atomic E-state index is -0.245. The van der Waals surface area contributed by atoms with Gasteiger partial charge in [0.05, 0.1) is 23.1 Å². The summed E-state index contributed by atoms with van der Waals surface area (Å²) in [4.78, 5) is 25.9. The number of rotatable bonds is 6. The Hall–Kier alpha value is -2.08. The van der Waals surface area contributed by atoms with Crippen molar-refractivity contribution in [1.82, 2.24) is 4.90 Å². The number of carbonyl (C=O) groups is 2. The van der Waals surface area contributed by atoms with Crippen molar-refractivity contribution in [3.8, 4) is 0 Å². The Bertz CT molecular complexity index is 824. The summed E-state index contributed by atoms with van der Waals surface area (Å²) in [6.45, 7) is 4.12. The van der Waals surface area contributed by atoms with Crippen LogP contribution in [0, 0.1) is 13.8 Å². The van der Waals surface area contributed by atoms with Crippen LogP contribution in [-0.2, 0) is 9.59 Å². The topological polar surface area (TPSA) is 61.4 Å². The van der Waals surface area contributed by atoms with Gasteiger partial charge in [0.1, 0.15) is 0 Å². The molecule has 0 bridgehead atoms. The molecule has 5 nitrogen and oxygen atoms in total. The van der Waals surface area contributed by atoms with Gasteiger partial charge in [-0.1, -0.05) is 35.3 Å². The Kier molecular flexibility index (Phi) is 7.03. The number of nitrogens with zero attached hydrogens (tertiary/aromatic N) is 1. The fraction of sp³-hybridized carbons (Fsp3) is 0.263. The van der Waals surface area contributed by atoms with E-state index in [-0.39, 0.29) is 24.9 Å². The normalized spacial score (nSPS) is 10.7. The van der Waals surface area contributed by atoms with Crippen LogP contribution in [0.15, 0.2) is 36.4 Å². The van der Waals surface area contributed by atoms with Gasteiger partial charge in [-0.3, -0.25) is 14.5 Å². The number of aryl methyl sites for hydroxylation is 1. The van der Waals surface area contributed by atoms with Crippen LogP contribution >= 0.6 is 23.2 Å². The van der Waals surface area contributed by atoms with Gasteiger partial charge in [-0.25, -0.2) is 0 Å². The lowest BCUT2D eigenvalue weighted by Crippen LogP contribution is -2.36. The van der Waals surface area contributed by atoms with Crippen molar-refractivity contribution in [2.45, 2.75) is 13.8 Å². The van der Waals surface area contributed by atoms with Crippen molar-refractivity contribution in [2.24, 2.45) is 0 Å². The van der Waals surface area contributed by atoms with Crippen molar-refractivity contribution < 1.29 is 9.59 Å². The first-order valence-electron chi connectivity index (χ1n) is 8.06. The molecule has 0 atom stereocenters. The maximum Gasteiger partial charge on any atom is 0.238 e. The number of hydrogen-bond donors (Lipinski definition) is 2. The molecule has 0 radical (unpaired) electrons. The number of benzene rings is 2. The maximum absolute atomic E-state index is 12.2. The third-order valence-corrected chi connectivity index (χ3v) is 4.65. The molecule has 138 valence electrons. The molecule has 2 aromatic carbocycles. The van der Waals surface area contributed by atoms with Gasteiger partial charge >= 0.3 is 0 Å². The number of carbonyl (C=O) groups excluding carboxylic acids is 2. The van der Waals surface area contributed by atoms with Crippen molar-refractivity contribution in [3.63, 3.8) is 0 Å². The van der Waals surface area contributed by atoms with E-state index < -0.39 is 0 Å². The lowest BCUT2D eigenvalue weighted by molar-refractivity contribution is -0.119. The van der Waals surface area contributed by atoms with E-state index in [2.05, 4.69) is 10.6 Å². The minimum Gasteiger partial charge on any atom is -0.325 e. The van der Waals surface area contributed by atoms with Crippen LogP contribution in [0.25, 0.3) is 0 Å². The molecule has 0 aliphatic rings. The average Bonchev–Trinajstić information content (AvgIpc) is 2.55. The third kappa shape index (κ3) is 5.73. The van der Waals surface area contributed by atoms with Crippen LogP contribution in [0.3, 0.4) is 0 Å². The molecule has 0 heterocycles. The van der Waals surface area contributed by atoms with E-state index in [0.29, 0.717) is 15.7 Å². The first kappa shape index (κ1) is 20.2. The Morgan fingerprint density at radius 2 is 1.62 bits per heavy atom. The predicted octanol–water partition coefficient (Wildman–Crippen LogP) is 4.12. The maximum atomic E-state index is 12.2. The highest BCUT2D eigenvalue weighted by atomic mass is 35.5. The molecule has 0 saturated carbocycles. The lowest BCUT2D eigenvalue weighted by Gasteiger charge is -2.17. The largest absolute Gasteiger partial charge is 0.325 e. The van der Waals surface area contributed by atoms with Crippen LogP contribution in [0.4, 0.5) is 11.4 Å². The SMILES string of the molecule is Cc1cccc(NC(=O)CN(C)CC(=O)Nc2ccc(Cl)c(Cl)c2)c1C. The number of anilines is 2. The molecular weight excluding hydrogens is 373 g/mol. The van der Waals surface area contributed by atoms with E-state index in [1.807, 2.05) is 32.0 Å². The van der Waals surface area contributed by atoms with Crippen LogP contribution in [0.1, 0.15) is 11.1 Å². The minimum absolute atomic E-state index is 0.0699. The summed E-state index contributed by atoms with van der Waals surface area (Å²) < 4.78 is 0. The zero-order valence-corrected chi connectivity index (χ0v) is 16.4. The Labute approximate surface area is 163 Å². The number of hydrogen-bond acceptors (Lipinski definition) is 3. The highest BCUT2D eigenvalue weighted by molar-refractivity contribution is 6.42. The van der Waals surface area contributed by atoms with Crippen molar-refractivity contribution in [1.29, 1.82) is 0 Å². The molecule has 0 unspecified atom stereocenters. The summed E-state index contributed by atoms with van der Waals surface area (Å²) in [5.41, 5.74) is 3.47. The van der Waals surface area contributed by atoms with Gasteiger partial charge < -0.3 is 10.6 Å². The Morgan fingerprint density at radius 3 is 2.27 bits per heavy atom. The standard InChI is InChI=1S/C19H21Cl2N3O2/c1-12-5-4-6-17(13(12)2)23-19(26)11-24(3)10-18(25)22-14-7-8-15(20)16(21)9-14/h4-9H,10-11H2,1-3H3,(H,22,25)(H,23,26). The predicted molar refractivity (Wildman–Crippen MR) is 107 cm³/mol. The van der Waals surface area contributed by atoms with Gasteiger partial charge in [-0.15, -0.1) is 0 Å². The number of amides is 2. The van der Waals surface area contributed by atoms with Crippen LogP contribution in [0.5, 0.6) is 0 Å². The molecule has 0 saturated heterocycles. The fourth-order valence-electron chi connectivity index (χ4n) is 2.40. The molecule has 0 aliphatic heterocycles. The second kappa shape index (κ2) is 9.03. The highest BCUT2D eigenvalue weighted by Crippen LogP contribution is 2.25. The zero-order chi connectivity index (χ0) is 19.3. The second-order valence-electron chi connectivity index (χ2n) is 6.15. The van der Waals surface area contributed by atoms with Gasteiger partial charge in [0.25, 0.3) is 0 Å². The Morgan fingerprint density at radius 1 is 0.962 bits per heavy atom. The van der Waals surface area contributed by atoms with Crippen molar-refractivity contribution in [2.75, 3.05) is 30.8 Å². The number of nitrogens with one attached hydrogen (secondary N) is 2. The smallest absolute Gasteiger partial charge is 0.238 e. The lowest BCUT2D eigenvalue weighted by atomic mass is 10.1. The van der Waals surface area contributed by atoms with Crippen LogP contribution in [-0.4, -0.2) is 36.9 Å². The molecular formula is C19H21Cl2N3O2. The van der Waals surface area contributed by atoms with Gasteiger partial charge in [-0.2, -0.15) is 0 Å². The van der Waals surface area contributed by atoms with Gasteiger partial charge in [0.15, 0.2) is 0 Å². The number of likely N-dealkylation sites (N-methyl/N-ethyl adjacent to an activating group) is 1. The van der Waals surface area contributed by atoms with E-state index in [1.54, 1.807) is 30.1 Å². The van der Waals surface area contributed by atoms with E-state index in [1.165, 1.54) is 0 Å². The van der Waals surface area contributed by atoms with E-state index >= 15 is 0 Å². The summed E-state index contributed by atoms with van der Waals surface area (Å²) in [6, 6.07) is 10.6. The first-order valence-corrected chi connectivity index (χ1v) is 8.81. The van der Waals surface area contributed by atoms with E-state index in [4.69, 9.17) is 23.2 Å². The molecule has 0 spiro atoms. The van der Waals surface area contributed by atoms with Gasteiger partial charge in [0, 0.05) is 11.4 Å². The van der Waals surface area contributed by atoms with Gasteiger partial charge in [-0.05, 0) is 56.3 Å². The van der Waals surface area contributed by atoms with E-state index in [9.17, 15) is 9.59 Å². The third-order valence-electron chi connectivity index (χ3n) is 3.91. The molecule has 26 heavy (non-hydrogen) atoms. The first-order chi connectivity index (χ1) is 12.3. The monoisotopic (exact) mass is 393 g/mol. The zero-order valence-electron chi connectivity index (χ0n) is 14.9. The van der Waals surface area contributed by atoms with Crippen LogP contribution in [0.2, 0.25) is 10.0 Å². The summed E-state index contributed by atoms with van der Waals surface area (Å²) >= 11 is 11.8. The van der Waals surface area contributed by atoms with Crippen molar-refractivity contribution >= 4 is 46.4 Å². The molecule has 0 aromatic heterocycles. The summed E-state index contributed by atoms with van der Waals surface area (Å²) in [5.74, 6) is -0.422. The molecule has 0 aliphatic carbocycles. The average molecular weight is 394 g/mol. The molecule has 2 aromatic rings. The Balaban J connectivity index is 1.86. The summed E-state index contributed by atoms with van der Waals surface area (Å²) in [6.07, 6.45) is 0. The quantitative estimate of drug-likeness (QED) is 0.775. The van der Waals surface area contributed by atoms with Crippen molar-refractivity contribution in [3.05, 3.63) is 57.6 Å². The van der Waals surface area contributed by atoms with Gasteiger partial charge in [0.2, 0.25) is 11.8 Å². The molecule has 2 amide bonds. The van der Waals surface area contributed by atoms with Crippen LogP contribution < -0.4 is 10.6 Å². The highest BCUT2D eigenvalue weighted by Gasteiger charge is 2.12.